The minimum absolute atomic E-state index is 0.155. The van der Waals surface area contributed by atoms with Crippen molar-refractivity contribution in [2.45, 2.75) is 58.7 Å². The van der Waals surface area contributed by atoms with E-state index in [0.717, 1.165) is 30.0 Å². The number of hydrogen-bond donors (Lipinski definition) is 1. The molecule has 1 fully saturated rings. The first kappa shape index (κ1) is 17.1. The molecule has 2 rings (SSSR count). The second-order valence-electron chi connectivity index (χ2n) is 6.35. The van der Waals surface area contributed by atoms with Crippen LogP contribution in [0.1, 0.15) is 52.1 Å². The summed E-state index contributed by atoms with van der Waals surface area (Å²) >= 11 is 12.3. The molecule has 1 saturated carbocycles. The quantitative estimate of drug-likeness (QED) is 0.770. The molecule has 21 heavy (non-hydrogen) atoms. The van der Waals surface area contributed by atoms with E-state index in [1.807, 2.05) is 18.2 Å². The van der Waals surface area contributed by atoms with Gasteiger partial charge in [0.05, 0.1) is 6.10 Å². The third kappa shape index (κ3) is 3.56. The molecule has 1 N–H and O–H groups in total. The average Bonchev–Trinajstić information content (AvgIpc) is 2.43. The first-order valence-corrected chi connectivity index (χ1v) is 8.48. The fourth-order valence-corrected chi connectivity index (χ4v) is 3.65. The van der Waals surface area contributed by atoms with Gasteiger partial charge in [0.15, 0.2) is 0 Å². The van der Waals surface area contributed by atoms with E-state index in [1.54, 1.807) is 0 Å². The smallest absolute Gasteiger partial charge is 0.0655 e. The summed E-state index contributed by atoms with van der Waals surface area (Å²) in [5, 5.41) is 5.17. The number of benzene rings is 1. The van der Waals surface area contributed by atoms with E-state index in [1.165, 1.54) is 0 Å². The Kier molecular flexibility index (Phi) is 5.59. The Hall–Kier alpha value is -0.280. The number of halogens is 2. The SMILES string of the molecule is CCOC1CC(NC(CC)c2ccc(Cl)cc2Cl)C1(C)C. The highest BCUT2D eigenvalue weighted by Crippen LogP contribution is 2.44. The molecule has 1 aliphatic rings. The fourth-order valence-electron chi connectivity index (χ4n) is 3.11. The lowest BCUT2D eigenvalue weighted by Crippen LogP contribution is -2.61. The monoisotopic (exact) mass is 329 g/mol. The van der Waals surface area contributed by atoms with Crippen molar-refractivity contribution in [1.29, 1.82) is 0 Å². The van der Waals surface area contributed by atoms with E-state index in [-0.39, 0.29) is 11.5 Å². The zero-order valence-corrected chi connectivity index (χ0v) is 14.8. The highest BCUT2D eigenvalue weighted by Gasteiger charge is 2.49. The molecule has 0 saturated heterocycles. The average molecular weight is 330 g/mol. The maximum Gasteiger partial charge on any atom is 0.0655 e. The van der Waals surface area contributed by atoms with Crippen LogP contribution in [0.25, 0.3) is 0 Å². The lowest BCUT2D eigenvalue weighted by atomic mass is 9.64. The molecule has 3 atom stereocenters. The van der Waals surface area contributed by atoms with Gasteiger partial charge in [0.1, 0.15) is 0 Å². The molecule has 4 heteroatoms. The van der Waals surface area contributed by atoms with Crippen LogP contribution in [-0.4, -0.2) is 18.8 Å². The Morgan fingerprint density at radius 2 is 2.05 bits per heavy atom. The fraction of sp³-hybridized carbons (Fsp3) is 0.647. The van der Waals surface area contributed by atoms with Gasteiger partial charge in [-0.15, -0.1) is 0 Å². The van der Waals surface area contributed by atoms with Gasteiger partial charge < -0.3 is 10.1 Å². The van der Waals surface area contributed by atoms with Crippen molar-refractivity contribution in [1.82, 2.24) is 5.32 Å². The van der Waals surface area contributed by atoms with E-state index in [9.17, 15) is 0 Å². The molecule has 0 aromatic heterocycles. The maximum atomic E-state index is 6.35. The zero-order chi connectivity index (χ0) is 15.6. The van der Waals surface area contributed by atoms with E-state index >= 15 is 0 Å². The molecule has 1 aromatic carbocycles. The standard InChI is InChI=1S/C17H25Cl2NO/c1-5-14(12-8-7-11(18)9-13(12)19)20-15-10-16(21-6-2)17(15,3)4/h7-9,14-16,20H,5-6,10H2,1-4H3. The van der Waals surface area contributed by atoms with Crippen LogP contribution in [0, 0.1) is 5.41 Å². The van der Waals surface area contributed by atoms with Crippen molar-refractivity contribution >= 4 is 23.2 Å². The zero-order valence-electron chi connectivity index (χ0n) is 13.2. The van der Waals surface area contributed by atoms with Crippen LogP contribution in [0.3, 0.4) is 0 Å². The summed E-state index contributed by atoms with van der Waals surface area (Å²) in [5.41, 5.74) is 1.28. The topological polar surface area (TPSA) is 21.3 Å². The number of nitrogens with one attached hydrogen (secondary N) is 1. The van der Waals surface area contributed by atoms with Crippen molar-refractivity contribution in [2.24, 2.45) is 5.41 Å². The molecule has 118 valence electrons. The van der Waals surface area contributed by atoms with Crippen LogP contribution in [0.2, 0.25) is 10.0 Å². The van der Waals surface area contributed by atoms with Gasteiger partial charge in [0.2, 0.25) is 0 Å². The molecule has 0 spiro atoms. The van der Waals surface area contributed by atoms with Gasteiger partial charge in [-0.1, -0.05) is 50.0 Å². The molecular weight excluding hydrogens is 305 g/mol. The van der Waals surface area contributed by atoms with E-state index < -0.39 is 0 Å². The van der Waals surface area contributed by atoms with E-state index in [0.29, 0.717) is 17.2 Å². The molecular formula is C17H25Cl2NO. The van der Waals surface area contributed by atoms with Gasteiger partial charge in [0.25, 0.3) is 0 Å². The molecule has 0 heterocycles. The normalized spacial score (nSPS) is 25.4. The minimum atomic E-state index is 0.155. The van der Waals surface area contributed by atoms with Gasteiger partial charge >= 0.3 is 0 Å². The second kappa shape index (κ2) is 6.87. The Balaban J connectivity index is 2.07. The Morgan fingerprint density at radius 3 is 2.57 bits per heavy atom. The summed E-state index contributed by atoms with van der Waals surface area (Å²) in [7, 11) is 0. The number of rotatable bonds is 6. The lowest BCUT2D eigenvalue weighted by molar-refractivity contribution is -0.116. The van der Waals surface area contributed by atoms with Gasteiger partial charge in [-0.05, 0) is 37.5 Å². The van der Waals surface area contributed by atoms with Crippen molar-refractivity contribution in [3.05, 3.63) is 33.8 Å². The third-order valence-electron chi connectivity index (χ3n) is 4.69. The van der Waals surface area contributed by atoms with Gasteiger partial charge in [-0.3, -0.25) is 0 Å². The Labute approximate surface area is 138 Å². The molecule has 0 bridgehead atoms. The molecule has 1 aromatic rings. The molecule has 0 aliphatic heterocycles. The molecule has 2 nitrogen and oxygen atoms in total. The number of hydrogen-bond acceptors (Lipinski definition) is 2. The Bertz CT molecular complexity index is 490. The largest absolute Gasteiger partial charge is 0.378 e. The van der Waals surface area contributed by atoms with Crippen molar-refractivity contribution in [3.8, 4) is 0 Å². The van der Waals surface area contributed by atoms with Crippen LogP contribution in [-0.2, 0) is 4.74 Å². The predicted octanol–water partition coefficient (Wildman–Crippen LogP) is 5.24. The van der Waals surface area contributed by atoms with Crippen LogP contribution < -0.4 is 5.32 Å². The van der Waals surface area contributed by atoms with Crippen molar-refractivity contribution in [2.75, 3.05) is 6.61 Å². The van der Waals surface area contributed by atoms with E-state index in [2.05, 4.69) is 33.0 Å². The van der Waals surface area contributed by atoms with E-state index in [4.69, 9.17) is 27.9 Å². The Morgan fingerprint density at radius 1 is 1.33 bits per heavy atom. The summed E-state index contributed by atoms with van der Waals surface area (Å²) in [4.78, 5) is 0. The van der Waals surface area contributed by atoms with Crippen LogP contribution in [0.15, 0.2) is 18.2 Å². The van der Waals surface area contributed by atoms with Crippen molar-refractivity contribution in [3.63, 3.8) is 0 Å². The minimum Gasteiger partial charge on any atom is -0.378 e. The highest BCUT2D eigenvalue weighted by atomic mass is 35.5. The summed E-state index contributed by atoms with van der Waals surface area (Å²) in [6.45, 7) is 9.55. The maximum absolute atomic E-state index is 6.35. The summed E-state index contributed by atoms with van der Waals surface area (Å²) in [5.74, 6) is 0. The summed E-state index contributed by atoms with van der Waals surface area (Å²) in [6.07, 6.45) is 2.40. The molecule has 0 radical (unpaired) electrons. The van der Waals surface area contributed by atoms with Gasteiger partial charge in [0, 0.05) is 34.2 Å². The van der Waals surface area contributed by atoms with Gasteiger partial charge in [-0.2, -0.15) is 0 Å². The molecule has 1 aliphatic carbocycles. The first-order chi connectivity index (χ1) is 9.90. The van der Waals surface area contributed by atoms with Crippen LogP contribution >= 0.6 is 23.2 Å². The highest BCUT2D eigenvalue weighted by molar-refractivity contribution is 6.35. The third-order valence-corrected chi connectivity index (χ3v) is 5.26. The van der Waals surface area contributed by atoms with Gasteiger partial charge in [-0.25, -0.2) is 0 Å². The predicted molar refractivity (Wildman–Crippen MR) is 90.2 cm³/mol. The summed E-state index contributed by atoms with van der Waals surface area (Å²) < 4.78 is 5.80. The molecule has 0 amide bonds. The second-order valence-corrected chi connectivity index (χ2v) is 7.19. The lowest BCUT2D eigenvalue weighted by Gasteiger charge is -2.53. The van der Waals surface area contributed by atoms with Crippen molar-refractivity contribution < 1.29 is 4.74 Å². The molecule has 3 unspecified atom stereocenters. The summed E-state index contributed by atoms with van der Waals surface area (Å²) in [6, 6.07) is 6.45. The van der Waals surface area contributed by atoms with Crippen LogP contribution in [0.4, 0.5) is 0 Å². The number of ether oxygens (including phenoxy) is 1. The van der Waals surface area contributed by atoms with Crippen LogP contribution in [0.5, 0.6) is 0 Å². The first-order valence-electron chi connectivity index (χ1n) is 7.72.